The van der Waals surface area contributed by atoms with Crippen LogP contribution in [0, 0.1) is 0 Å². The zero-order valence-corrected chi connectivity index (χ0v) is 8.99. The van der Waals surface area contributed by atoms with Gasteiger partial charge in [0.15, 0.2) is 5.09 Å². The molecule has 3 nitrogen and oxygen atoms in total. The number of benzene rings is 1. The smallest absolute Gasteiger partial charge is 0.154 e. The molecule has 0 radical (unpaired) electrons. The van der Waals surface area contributed by atoms with Gasteiger partial charge in [0.25, 0.3) is 0 Å². The number of thioether (sulfide) groups is 1. The zero-order chi connectivity index (χ0) is 11.1. The van der Waals surface area contributed by atoms with Gasteiger partial charge in [-0.05, 0) is 42.1 Å². The average molecular weight is 232 g/mol. The largest absolute Gasteiger partial charge is 0.508 e. The van der Waals surface area contributed by atoms with E-state index in [0.717, 1.165) is 10.5 Å². The Balaban J connectivity index is 2.10. The van der Waals surface area contributed by atoms with E-state index >= 15 is 0 Å². The number of phenols is 1. The van der Waals surface area contributed by atoms with Crippen molar-refractivity contribution in [3.05, 3.63) is 51.7 Å². The van der Waals surface area contributed by atoms with Gasteiger partial charge in [0.2, 0.25) is 0 Å². The second-order valence-corrected chi connectivity index (χ2v) is 4.53. The fourth-order valence-corrected chi connectivity index (χ4v) is 2.36. The second-order valence-electron chi connectivity index (χ2n) is 3.47. The van der Waals surface area contributed by atoms with Crippen LogP contribution in [0.25, 0.3) is 6.08 Å². The van der Waals surface area contributed by atoms with Crippen molar-refractivity contribution in [3.63, 3.8) is 0 Å². The summed E-state index contributed by atoms with van der Waals surface area (Å²) in [6, 6.07) is 4.97. The van der Waals surface area contributed by atoms with E-state index in [4.69, 9.17) is 4.74 Å². The minimum absolute atomic E-state index is 0.179. The summed E-state index contributed by atoms with van der Waals surface area (Å²) in [4.78, 5) is 0.873. The number of hydrogen-bond acceptors (Lipinski definition) is 4. The molecule has 80 valence electrons. The van der Waals surface area contributed by atoms with E-state index in [1.807, 2.05) is 6.08 Å². The van der Waals surface area contributed by atoms with Gasteiger partial charge in [0, 0.05) is 11.6 Å². The SMILES string of the molecule is OC1=CC=C2Oc3cc(O)ccc3C=C2S1. The van der Waals surface area contributed by atoms with Crippen LogP contribution < -0.4 is 4.74 Å². The van der Waals surface area contributed by atoms with Crippen molar-refractivity contribution in [2.45, 2.75) is 0 Å². The third-order valence-corrected chi connectivity index (χ3v) is 3.22. The quantitative estimate of drug-likeness (QED) is 0.721. The highest BCUT2D eigenvalue weighted by molar-refractivity contribution is 8.06. The van der Waals surface area contributed by atoms with Crippen molar-refractivity contribution < 1.29 is 14.9 Å². The van der Waals surface area contributed by atoms with E-state index in [1.165, 1.54) is 11.8 Å². The third-order valence-electron chi connectivity index (χ3n) is 2.34. The molecule has 0 unspecified atom stereocenters. The first-order valence-corrected chi connectivity index (χ1v) is 5.56. The number of hydrogen-bond donors (Lipinski definition) is 2. The number of aliphatic hydroxyl groups is 1. The number of phenolic OH excluding ortho intramolecular Hbond substituents is 1. The van der Waals surface area contributed by atoms with Crippen LogP contribution >= 0.6 is 11.8 Å². The lowest BCUT2D eigenvalue weighted by atomic mass is 10.1. The van der Waals surface area contributed by atoms with Crippen LogP contribution in [0.3, 0.4) is 0 Å². The number of fused-ring (bicyclic) bond motifs is 2. The summed E-state index contributed by atoms with van der Waals surface area (Å²) in [7, 11) is 0. The lowest BCUT2D eigenvalue weighted by Crippen LogP contribution is -2.05. The van der Waals surface area contributed by atoms with Crippen molar-refractivity contribution in [2.24, 2.45) is 0 Å². The Morgan fingerprint density at radius 1 is 1.12 bits per heavy atom. The minimum atomic E-state index is 0.179. The predicted molar refractivity (Wildman–Crippen MR) is 63.1 cm³/mol. The highest BCUT2D eigenvalue weighted by atomic mass is 32.2. The summed E-state index contributed by atoms with van der Waals surface area (Å²) >= 11 is 1.26. The van der Waals surface area contributed by atoms with Crippen molar-refractivity contribution in [1.82, 2.24) is 0 Å². The summed E-state index contributed by atoms with van der Waals surface area (Å²) in [5.74, 6) is 1.50. The molecular weight excluding hydrogens is 224 g/mol. The molecule has 0 spiro atoms. The lowest BCUT2D eigenvalue weighted by molar-refractivity contribution is 0.422. The number of aliphatic hydroxyl groups excluding tert-OH is 1. The first-order chi connectivity index (χ1) is 7.72. The molecule has 0 saturated heterocycles. The van der Waals surface area contributed by atoms with Gasteiger partial charge in [-0.15, -0.1) is 0 Å². The van der Waals surface area contributed by atoms with Gasteiger partial charge in [-0.3, -0.25) is 0 Å². The summed E-state index contributed by atoms with van der Waals surface area (Å²) < 4.78 is 5.62. The van der Waals surface area contributed by atoms with Crippen LogP contribution in [0.2, 0.25) is 0 Å². The molecule has 0 saturated carbocycles. The molecule has 0 atom stereocenters. The molecule has 2 N–H and O–H groups in total. The Morgan fingerprint density at radius 2 is 2.00 bits per heavy atom. The molecule has 1 aromatic rings. The molecule has 16 heavy (non-hydrogen) atoms. The topological polar surface area (TPSA) is 49.7 Å². The van der Waals surface area contributed by atoms with Crippen LogP contribution in [-0.2, 0) is 0 Å². The normalized spacial score (nSPS) is 17.4. The van der Waals surface area contributed by atoms with Crippen LogP contribution in [0.4, 0.5) is 0 Å². The summed E-state index contributed by atoms with van der Waals surface area (Å²) in [6.07, 6.45) is 5.23. The summed E-state index contributed by atoms with van der Waals surface area (Å²) in [6.45, 7) is 0. The molecule has 2 aliphatic heterocycles. The summed E-state index contributed by atoms with van der Waals surface area (Å²) in [5.41, 5.74) is 0.896. The Bertz CT molecular complexity index is 555. The molecule has 4 heteroatoms. The maximum atomic E-state index is 9.38. The maximum Gasteiger partial charge on any atom is 0.154 e. The highest BCUT2D eigenvalue weighted by Crippen LogP contribution is 2.42. The molecule has 0 fully saturated rings. The van der Waals surface area contributed by atoms with E-state index in [-0.39, 0.29) is 10.8 Å². The van der Waals surface area contributed by atoms with Crippen molar-refractivity contribution in [2.75, 3.05) is 0 Å². The van der Waals surface area contributed by atoms with E-state index in [9.17, 15) is 10.2 Å². The fourth-order valence-electron chi connectivity index (χ4n) is 1.60. The Morgan fingerprint density at radius 3 is 2.88 bits per heavy atom. The van der Waals surface area contributed by atoms with Gasteiger partial charge in [0.1, 0.15) is 17.3 Å². The van der Waals surface area contributed by atoms with Crippen molar-refractivity contribution in [3.8, 4) is 11.5 Å². The average Bonchev–Trinajstić information content (AvgIpc) is 2.26. The first-order valence-electron chi connectivity index (χ1n) is 4.74. The van der Waals surface area contributed by atoms with E-state index in [1.54, 1.807) is 30.4 Å². The molecule has 0 bridgehead atoms. The Labute approximate surface area is 96.4 Å². The number of ether oxygens (including phenoxy) is 1. The van der Waals surface area contributed by atoms with Crippen LogP contribution in [0.15, 0.2) is 46.1 Å². The number of rotatable bonds is 0. The van der Waals surface area contributed by atoms with Gasteiger partial charge in [-0.2, -0.15) is 0 Å². The standard InChI is InChI=1S/C12H8O3S/c13-8-2-1-7-5-11-9(15-10(7)6-8)3-4-12(14)16-11/h1-6,13-14H. The van der Waals surface area contributed by atoms with E-state index in [0.29, 0.717) is 11.5 Å². The summed E-state index contributed by atoms with van der Waals surface area (Å²) in [5, 5.41) is 19.0. The number of allylic oxidation sites excluding steroid dienone is 2. The highest BCUT2D eigenvalue weighted by Gasteiger charge is 2.21. The molecule has 2 aliphatic rings. The Hall–Kier alpha value is -1.81. The fraction of sp³-hybridized carbons (Fsp3) is 0. The van der Waals surface area contributed by atoms with Crippen LogP contribution in [0.5, 0.6) is 11.5 Å². The molecule has 1 aromatic carbocycles. The first kappa shape index (κ1) is 9.42. The molecular formula is C12H8O3S. The van der Waals surface area contributed by atoms with Crippen molar-refractivity contribution in [1.29, 1.82) is 0 Å². The van der Waals surface area contributed by atoms with Gasteiger partial charge < -0.3 is 14.9 Å². The molecule has 3 rings (SSSR count). The van der Waals surface area contributed by atoms with Gasteiger partial charge in [-0.1, -0.05) is 0 Å². The van der Waals surface area contributed by atoms with Crippen molar-refractivity contribution >= 4 is 17.8 Å². The minimum Gasteiger partial charge on any atom is -0.508 e. The van der Waals surface area contributed by atoms with Gasteiger partial charge in [0.05, 0.1) is 4.91 Å². The second kappa shape index (κ2) is 3.35. The zero-order valence-electron chi connectivity index (χ0n) is 8.18. The molecule has 0 aliphatic carbocycles. The maximum absolute atomic E-state index is 9.38. The third kappa shape index (κ3) is 1.47. The molecule has 2 heterocycles. The Kier molecular flexibility index (Phi) is 1.97. The van der Waals surface area contributed by atoms with Gasteiger partial charge in [-0.25, -0.2) is 0 Å². The predicted octanol–water partition coefficient (Wildman–Crippen LogP) is 3.16. The van der Waals surface area contributed by atoms with E-state index in [2.05, 4.69) is 0 Å². The van der Waals surface area contributed by atoms with E-state index < -0.39 is 0 Å². The lowest BCUT2D eigenvalue weighted by Gasteiger charge is -2.21. The van der Waals surface area contributed by atoms with Crippen LogP contribution in [0.1, 0.15) is 5.56 Å². The van der Waals surface area contributed by atoms with Gasteiger partial charge >= 0.3 is 0 Å². The monoisotopic (exact) mass is 232 g/mol. The number of aromatic hydroxyl groups is 1. The molecule has 0 aromatic heterocycles. The van der Waals surface area contributed by atoms with Crippen LogP contribution in [-0.4, -0.2) is 10.2 Å². The molecule has 0 amide bonds.